The first-order valence-corrected chi connectivity index (χ1v) is 7.74. The Hall–Kier alpha value is -2.64. The van der Waals surface area contributed by atoms with Crippen LogP contribution in [-0.4, -0.2) is 53.5 Å². The number of piperidine rings is 1. The van der Waals surface area contributed by atoms with Gasteiger partial charge in [-0.3, -0.25) is 19.7 Å². The Bertz CT molecular complexity index is 648. The Morgan fingerprint density at radius 2 is 2.04 bits per heavy atom. The number of nitrogens with zero attached hydrogens (tertiary/aromatic N) is 3. The van der Waals surface area contributed by atoms with Gasteiger partial charge in [0.25, 0.3) is 5.69 Å². The van der Waals surface area contributed by atoms with Crippen LogP contribution in [0, 0.1) is 22.0 Å². The van der Waals surface area contributed by atoms with E-state index in [0.717, 1.165) is 0 Å². The number of anilines is 1. The number of aliphatic carboxylic acids is 1. The van der Waals surface area contributed by atoms with Gasteiger partial charge in [-0.2, -0.15) is 0 Å². The van der Waals surface area contributed by atoms with E-state index >= 15 is 0 Å². The fraction of sp³-hybridized carbons (Fsp3) is 0.500. The van der Waals surface area contributed by atoms with Crippen molar-refractivity contribution in [3.05, 3.63) is 34.4 Å². The predicted molar refractivity (Wildman–Crippen MR) is 87.9 cm³/mol. The summed E-state index contributed by atoms with van der Waals surface area (Å²) in [6.45, 7) is 2.57. The number of rotatable bonds is 5. The maximum Gasteiger partial charge on any atom is 0.308 e. The maximum atomic E-state index is 12.5. The number of benzene rings is 1. The predicted octanol–water partition coefficient (Wildman–Crippen LogP) is 1.60. The summed E-state index contributed by atoms with van der Waals surface area (Å²) in [5, 5.41) is 20.3. The van der Waals surface area contributed by atoms with Crippen LogP contribution in [0.2, 0.25) is 0 Å². The molecule has 8 nitrogen and oxygen atoms in total. The van der Waals surface area contributed by atoms with E-state index < -0.39 is 16.8 Å². The molecule has 1 aromatic rings. The third kappa shape index (κ3) is 4.01. The minimum Gasteiger partial charge on any atom is -0.481 e. The molecule has 1 amide bonds. The van der Waals surface area contributed by atoms with Crippen LogP contribution in [0.5, 0.6) is 0 Å². The quantitative estimate of drug-likeness (QED) is 0.647. The van der Waals surface area contributed by atoms with Crippen molar-refractivity contribution in [2.45, 2.75) is 13.3 Å². The highest BCUT2D eigenvalue weighted by atomic mass is 16.6. The van der Waals surface area contributed by atoms with Crippen LogP contribution in [0.4, 0.5) is 11.4 Å². The smallest absolute Gasteiger partial charge is 0.308 e. The van der Waals surface area contributed by atoms with E-state index in [0.29, 0.717) is 18.7 Å². The molecule has 1 aromatic carbocycles. The molecule has 2 atom stereocenters. The lowest BCUT2D eigenvalue weighted by molar-refractivity contribution is -0.384. The topological polar surface area (TPSA) is 104 Å². The van der Waals surface area contributed by atoms with Crippen molar-refractivity contribution in [1.29, 1.82) is 0 Å². The zero-order valence-corrected chi connectivity index (χ0v) is 13.7. The minimum absolute atomic E-state index is 0.0378. The normalized spacial score (nSPS) is 20.5. The average molecular weight is 335 g/mol. The fourth-order valence-electron chi connectivity index (χ4n) is 3.06. The lowest BCUT2D eigenvalue weighted by Crippen LogP contribution is -2.48. The van der Waals surface area contributed by atoms with Crippen molar-refractivity contribution < 1.29 is 19.6 Å². The molecule has 8 heteroatoms. The fourth-order valence-corrected chi connectivity index (χ4v) is 3.06. The van der Waals surface area contributed by atoms with Gasteiger partial charge in [0.05, 0.1) is 17.4 Å². The molecule has 1 aliphatic heterocycles. The summed E-state index contributed by atoms with van der Waals surface area (Å²) in [7, 11) is 1.61. The van der Waals surface area contributed by atoms with E-state index in [-0.39, 0.29) is 30.6 Å². The van der Waals surface area contributed by atoms with Crippen LogP contribution in [0.25, 0.3) is 0 Å². The summed E-state index contributed by atoms with van der Waals surface area (Å²) in [6, 6.07) is 6.22. The van der Waals surface area contributed by atoms with Crippen LogP contribution in [0.1, 0.15) is 13.3 Å². The number of carbonyl (C=O) groups excluding carboxylic acids is 1. The van der Waals surface area contributed by atoms with Crippen molar-refractivity contribution in [2.24, 2.45) is 11.8 Å². The molecule has 2 unspecified atom stereocenters. The second kappa shape index (κ2) is 7.29. The minimum atomic E-state index is -0.897. The van der Waals surface area contributed by atoms with Crippen molar-refractivity contribution in [3.63, 3.8) is 0 Å². The molecule has 24 heavy (non-hydrogen) atoms. The monoisotopic (exact) mass is 335 g/mol. The van der Waals surface area contributed by atoms with E-state index in [1.807, 2.05) is 6.92 Å². The molecule has 0 aliphatic carbocycles. The van der Waals surface area contributed by atoms with Crippen molar-refractivity contribution in [3.8, 4) is 0 Å². The molecule has 0 saturated carbocycles. The maximum absolute atomic E-state index is 12.5. The van der Waals surface area contributed by atoms with Crippen molar-refractivity contribution in [1.82, 2.24) is 4.90 Å². The molecule has 1 aliphatic rings. The molecular formula is C16H21N3O5. The van der Waals surface area contributed by atoms with Gasteiger partial charge in [0, 0.05) is 26.2 Å². The Labute approximate surface area is 139 Å². The summed E-state index contributed by atoms with van der Waals surface area (Å²) in [6.07, 6.45) is 0.555. The number of para-hydroxylation sites is 2. The lowest BCUT2D eigenvalue weighted by atomic mass is 9.90. The van der Waals surface area contributed by atoms with Crippen molar-refractivity contribution >= 4 is 23.3 Å². The van der Waals surface area contributed by atoms with Crippen LogP contribution >= 0.6 is 0 Å². The molecule has 1 fully saturated rings. The molecule has 0 spiro atoms. The van der Waals surface area contributed by atoms with Gasteiger partial charge >= 0.3 is 5.97 Å². The van der Waals surface area contributed by atoms with Crippen LogP contribution in [-0.2, 0) is 9.59 Å². The van der Waals surface area contributed by atoms with E-state index in [1.165, 1.54) is 15.9 Å². The number of hydrogen-bond acceptors (Lipinski definition) is 5. The van der Waals surface area contributed by atoms with Gasteiger partial charge in [-0.1, -0.05) is 19.1 Å². The summed E-state index contributed by atoms with van der Waals surface area (Å²) in [5.41, 5.74) is 0.291. The number of amides is 1. The number of nitro groups is 1. The van der Waals surface area contributed by atoms with E-state index in [2.05, 4.69) is 0 Å². The third-order valence-corrected chi connectivity index (χ3v) is 4.22. The summed E-state index contributed by atoms with van der Waals surface area (Å²) >= 11 is 0. The first kappa shape index (κ1) is 17.7. The second-order valence-corrected chi connectivity index (χ2v) is 6.28. The molecule has 1 N–H and O–H groups in total. The van der Waals surface area contributed by atoms with Gasteiger partial charge in [0.15, 0.2) is 0 Å². The van der Waals surface area contributed by atoms with E-state index in [1.54, 1.807) is 25.2 Å². The van der Waals surface area contributed by atoms with Gasteiger partial charge in [0.1, 0.15) is 5.69 Å². The van der Waals surface area contributed by atoms with Crippen LogP contribution in [0.15, 0.2) is 24.3 Å². The molecule has 1 saturated heterocycles. The Balaban J connectivity index is 2.09. The van der Waals surface area contributed by atoms with Gasteiger partial charge in [-0.15, -0.1) is 0 Å². The third-order valence-electron chi connectivity index (χ3n) is 4.22. The average Bonchev–Trinajstić information content (AvgIpc) is 2.54. The van der Waals surface area contributed by atoms with Gasteiger partial charge in [0.2, 0.25) is 5.91 Å². The number of likely N-dealkylation sites (N-methyl/N-ethyl adjacent to an activating group) is 1. The van der Waals surface area contributed by atoms with Crippen molar-refractivity contribution in [2.75, 3.05) is 31.6 Å². The SMILES string of the molecule is CC1CC(C(=O)O)CN(C(=O)CN(C)c2ccccc2[N+](=O)[O-])C1. The first-order chi connectivity index (χ1) is 11.3. The number of carboxylic acid groups (broad SMARTS) is 1. The van der Waals surface area contributed by atoms with Crippen LogP contribution in [0.3, 0.4) is 0 Å². The molecule has 0 aromatic heterocycles. The Morgan fingerprint density at radius 1 is 1.38 bits per heavy atom. The highest BCUT2D eigenvalue weighted by molar-refractivity contribution is 5.83. The van der Waals surface area contributed by atoms with E-state index in [4.69, 9.17) is 0 Å². The number of carbonyl (C=O) groups is 2. The van der Waals surface area contributed by atoms with E-state index in [9.17, 15) is 24.8 Å². The molecule has 130 valence electrons. The summed E-state index contributed by atoms with van der Waals surface area (Å²) in [4.78, 5) is 37.4. The highest BCUT2D eigenvalue weighted by Gasteiger charge is 2.32. The molecule has 2 rings (SSSR count). The van der Waals surface area contributed by atoms with Gasteiger partial charge in [-0.05, 0) is 18.4 Å². The zero-order chi connectivity index (χ0) is 17.9. The Kier molecular flexibility index (Phi) is 5.38. The van der Waals surface area contributed by atoms with Gasteiger partial charge < -0.3 is 14.9 Å². The highest BCUT2D eigenvalue weighted by Crippen LogP contribution is 2.27. The number of carboxylic acids is 1. The number of nitro benzene ring substituents is 1. The molecular weight excluding hydrogens is 314 g/mol. The summed E-state index contributed by atoms with van der Waals surface area (Å²) < 4.78 is 0. The zero-order valence-electron chi connectivity index (χ0n) is 13.7. The largest absolute Gasteiger partial charge is 0.481 e. The number of hydrogen-bond donors (Lipinski definition) is 1. The molecule has 0 radical (unpaired) electrons. The van der Waals surface area contributed by atoms with Gasteiger partial charge in [-0.25, -0.2) is 0 Å². The Morgan fingerprint density at radius 3 is 2.67 bits per heavy atom. The summed E-state index contributed by atoms with van der Waals surface area (Å²) in [5.74, 6) is -1.57. The lowest BCUT2D eigenvalue weighted by Gasteiger charge is -2.35. The number of likely N-dealkylation sites (tertiary alicyclic amines) is 1. The second-order valence-electron chi connectivity index (χ2n) is 6.28. The standard InChI is InChI=1S/C16H21N3O5/c1-11-7-12(16(21)22)9-18(8-11)15(20)10-17(2)13-5-3-4-6-14(13)19(23)24/h3-6,11-12H,7-10H2,1-2H3,(H,21,22). The van der Waals surface area contributed by atoms with Crippen LogP contribution < -0.4 is 4.90 Å². The molecule has 1 heterocycles. The first-order valence-electron chi connectivity index (χ1n) is 7.74. The molecule has 0 bridgehead atoms.